The molecule has 23 heavy (non-hydrogen) atoms. The van der Waals surface area contributed by atoms with Gasteiger partial charge in [-0.05, 0) is 48.9 Å². The Balaban J connectivity index is 1.67. The molecule has 0 bridgehead atoms. The van der Waals surface area contributed by atoms with Crippen molar-refractivity contribution in [2.24, 2.45) is 0 Å². The Bertz CT molecular complexity index is 844. The standard InChI is InChI=1S/C20H20N2S/c1-2-7-14(8-3-1)19-17-10-6-12-22(17)20-16(13-21-19)15-9-4-5-11-18(15)23-20/h1-3,6-8,10,12,19,21H,4-5,9,11,13H2/t19-/m1/s1. The smallest absolute Gasteiger partial charge is 0.104 e. The molecule has 2 aliphatic rings. The summed E-state index contributed by atoms with van der Waals surface area (Å²) in [7, 11) is 0. The lowest BCUT2D eigenvalue weighted by atomic mass is 9.95. The summed E-state index contributed by atoms with van der Waals surface area (Å²) in [6, 6.07) is 15.5. The van der Waals surface area contributed by atoms with E-state index >= 15 is 0 Å². The van der Waals surface area contributed by atoms with Gasteiger partial charge in [0.25, 0.3) is 0 Å². The van der Waals surface area contributed by atoms with Gasteiger partial charge in [0.1, 0.15) is 5.00 Å². The summed E-state index contributed by atoms with van der Waals surface area (Å²) in [4.78, 5) is 1.63. The van der Waals surface area contributed by atoms with Crippen LogP contribution in [0, 0.1) is 0 Å². The summed E-state index contributed by atoms with van der Waals surface area (Å²) in [6.45, 7) is 0.975. The van der Waals surface area contributed by atoms with Crippen molar-refractivity contribution in [3.8, 4) is 5.00 Å². The number of fused-ring (bicyclic) bond motifs is 5. The van der Waals surface area contributed by atoms with E-state index in [0.29, 0.717) is 0 Å². The molecule has 116 valence electrons. The normalized spacial score (nSPS) is 19.6. The van der Waals surface area contributed by atoms with Crippen LogP contribution in [0.15, 0.2) is 48.7 Å². The van der Waals surface area contributed by atoms with E-state index in [4.69, 9.17) is 0 Å². The van der Waals surface area contributed by atoms with Crippen LogP contribution in [0.3, 0.4) is 0 Å². The topological polar surface area (TPSA) is 17.0 Å². The van der Waals surface area contributed by atoms with E-state index in [2.05, 4.69) is 58.5 Å². The lowest BCUT2D eigenvalue weighted by molar-refractivity contribution is 0.595. The van der Waals surface area contributed by atoms with Crippen LogP contribution < -0.4 is 5.32 Å². The Labute approximate surface area is 140 Å². The molecule has 1 atom stereocenters. The molecule has 0 amide bonds. The SMILES string of the molecule is c1ccc([C@H]2NCc3c(sc4c3CCCC4)-n3cccc32)cc1. The molecule has 0 unspecified atom stereocenters. The van der Waals surface area contributed by atoms with Crippen molar-refractivity contribution in [2.45, 2.75) is 38.3 Å². The van der Waals surface area contributed by atoms with Crippen molar-refractivity contribution in [1.82, 2.24) is 9.88 Å². The molecular formula is C20H20N2S. The molecule has 0 radical (unpaired) electrons. The van der Waals surface area contributed by atoms with Crippen LogP contribution in [-0.4, -0.2) is 4.57 Å². The van der Waals surface area contributed by atoms with E-state index in [0.717, 1.165) is 6.54 Å². The highest BCUT2D eigenvalue weighted by molar-refractivity contribution is 7.15. The van der Waals surface area contributed by atoms with Gasteiger partial charge in [-0.25, -0.2) is 0 Å². The molecule has 1 aromatic carbocycles. The van der Waals surface area contributed by atoms with Gasteiger partial charge in [0, 0.05) is 28.9 Å². The molecule has 0 saturated heterocycles. The Kier molecular flexibility index (Phi) is 3.17. The second-order valence-corrected chi connectivity index (χ2v) is 7.61. The summed E-state index contributed by atoms with van der Waals surface area (Å²) in [5.41, 5.74) is 5.88. The van der Waals surface area contributed by atoms with Crippen LogP contribution in [0.5, 0.6) is 0 Å². The zero-order valence-corrected chi connectivity index (χ0v) is 13.9. The first-order chi connectivity index (χ1) is 11.4. The lowest BCUT2D eigenvalue weighted by Gasteiger charge is -2.18. The number of aromatic nitrogens is 1. The number of nitrogens with zero attached hydrogens (tertiary/aromatic N) is 1. The predicted molar refractivity (Wildman–Crippen MR) is 95.4 cm³/mol. The molecule has 1 N–H and O–H groups in total. The van der Waals surface area contributed by atoms with Crippen LogP contribution in [0.1, 0.15) is 46.1 Å². The van der Waals surface area contributed by atoms with Crippen LogP contribution in [0.4, 0.5) is 0 Å². The molecule has 2 nitrogen and oxygen atoms in total. The van der Waals surface area contributed by atoms with Crippen molar-refractivity contribution in [3.05, 3.63) is 75.9 Å². The van der Waals surface area contributed by atoms with Crippen molar-refractivity contribution < 1.29 is 0 Å². The summed E-state index contributed by atoms with van der Waals surface area (Å²) >= 11 is 2.02. The second kappa shape index (κ2) is 5.36. The third-order valence-electron chi connectivity index (χ3n) is 5.17. The van der Waals surface area contributed by atoms with E-state index in [1.807, 2.05) is 11.3 Å². The van der Waals surface area contributed by atoms with Crippen LogP contribution in [-0.2, 0) is 19.4 Å². The molecule has 1 aliphatic carbocycles. The maximum atomic E-state index is 3.82. The number of nitrogens with one attached hydrogen (secondary N) is 1. The van der Waals surface area contributed by atoms with Gasteiger partial charge in [-0.15, -0.1) is 11.3 Å². The van der Waals surface area contributed by atoms with E-state index in [1.165, 1.54) is 41.9 Å². The fourth-order valence-electron chi connectivity index (χ4n) is 4.05. The minimum atomic E-state index is 0.269. The van der Waals surface area contributed by atoms with Crippen molar-refractivity contribution in [2.75, 3.05) is 0 Å². The van der Waals surface area contributed by atoms with Crippen LogP contribution >= 0.6 is 11.3 Å². The molecule has 0 saturated carbocycles. The molecule has 3 heteroatoms. The number of rotatable bonds is 1. The minimum Gasteiger partial charge on any atom is -0.310 e. The number of hydrogen-bond acceptors (Lipinski definition) is 2. The highest BCUT2D eigenvalue weighted by Crippen LogP contribution is 2.40. The maximum Gasteiger partial charge on any atom is 0.104 e. The monoisotopic (exact) mass is 320 g/mol. The Morgan fingerprint density at radius 3 is 2.74 bits per heavy atom. The zero-order chi connectivity index (χ0) is 15.2. The van der Waals surface area contributed by atoms with Gasteiger partial charge in [-0.1, -0.05) is 30.3 Å². The van der Waals surface area contributed by atoms with Gasteiger partial charge in [0.15, 0.2) is 0 Å². The largest absolute Gasteiger partial charge is 0.310 e. The average molecular weight is 320 g/mol. The first-order valence-corrected chi connectivity index (χ1v) is 9.33. The van der Waals surface area contributed by atoms with Gasteiger partial charge in [0.05, 0.1) is 6.04 Å². The zero-order valence-electron chi connectivity index (χ0n) is 13.1. The molecule has 0 fully saturated rings. The van der Waals surface area contributed by atoms with E-state index in [9.17, 15) is 0 Å². The van der Waals surface area contributed by atoms with E-state index in [1.54, 1.807) is 16.0 Å². The predicted octanol–water partition coefficient (Wildman–Crippen LogP) is 4.61. The van der Waals surface area contributed by atoms with Gasteiger partial charge in [-0.3, -0.25) is 0 Å². The first kappa shape index (κ1) is 13.6. The van der Waals surface area contributed by atoms with Gasteiger partial charge < -0.3 is 9.88 Å². The minimum absolute atomic E-state index is 0.269. The second-order valence-electron chi connectivity index (χ2n) is 6.52. The number of hydrogen-bond donors (Lipinski definition) is 1. The molecule has 1 aliphatic heterocycles. The van der Waals surface area contributed by atoms with Crippen molar-refractivity contribution in [1.29, 1.82) is 0 Å². The molecule has 3 heterocycles. The maximum absolute atomic E-state index is 3.82. The fourth-order valence-corrected chi connectivity index (χ4v) is 5.46. The van der Waals surface area contributed by atoms with Gasteiger partial charge in [-0.2, -0.15) is 0 Å². The molecule has 5 rings (SSSR count). The molecule has 3 aromatic rings. The third kappa shape index (κ3) is 2.11. The van der Waals surface area contributed by atoms with E-state index in [-0.39, 0.29) is 6.04 Å². The molecule has 0 spiro atoms. The Hall–Kier alpha value is -1.84. The Morgan fingerprint density at radius 1 is 0.957 bits per heavy atom. The average Bonchev–Trinajstić information content (AvgIpc) is 3.18. The quantitative estimate of drug-likeness (QED) is 0.693. The fraction of sp³-hybridized carbons (Fsp3) is 0.300. The molecule has 2 aromatic heterocycles. The van der Waals surface area contributed by atoms with Gasteiger partial charge >= 0.3 is 0 Å². The number of benzene rings is 1. The first-order valence-electron chi connectivity index (χ1n) is 8.51. The highest BCUT2D eigenvalue weighted by atomic mass is 32.1. The number of aryl methyl sites for hydroxylation is 1. The molecular weight excluding hydrogens is 300 g/mol. The summed E-state index contributed by atoms with van der Waals surface area (Å²) in [6.07, 6.45) is 7.46. The van der Waals surface area contributed by atoms with Crippen LogP contribution in [0.2, 0.25) is 0 Å². The third-order valence-corrected chi connectivity index (χ3v) is 6.50. The van der Waals surface area contributed by atoms with Crippen molar-refractivity contribution >= 4 is 11.3 Å². The van der Waals surface area contributed by atoms with Crippen LogP contribution in [0.25, 0.3) is 5.00 Å². The van der Waals surface area contributed by atoms with Gasteiger partial charge in [0.2, 0.25) is 0 Å². The van der Waals surface area contributed by atoms with Crippen molar-refractivity contribution in [3.63, 3.8) is 0 Å². The lowest BCUT2D eigenvalue weighted by Crippen LogP contribution is -2.21. The highest BCUT2D eigenvalue weighted by Gasteiger charge is 2.28. The summed E-state index contributed by atoms with van der Waals surface area (Å²) in [5, 5.41) is 5.27. The number of thiophene rings is 1. The summed E-state index contributed by atoms with van der Waals surface area (Å²) in [5.74, 6) is 0. The Morgan fingerprint density at radius 2 is 1.83 bits per heavy atom. The summed E-state index contributed by atoms with van der Waals surface area (Å²) < 4.78 is 2.43. The van der Waals surface area contributed by atoms with E-state index < -0.39 is 0 Å².